The lowest BCUT2D eigenvalue weighted by atomic mass is 10.1. The van der Waals surface area contributed by atoms with Gasteiger partial charge in [-0.05, 0) is 23.8 Å². The van der Waals surface area contributed by atoms with Crippen molar-refractivity contribution in [3.8, 4) is 11.5 Å². The highest BCUT2D eigenvalue weighted by Crippen LogP contribution is 2.32. The van der Waals surface area contributed by atoms with Crippen LogP contribution in [0.25, 0.3) is 10.2 Å². The molecule has 2 heterocycles. The number of hydrogen-bond acceptors (Lipinski definition) is 6. The van der Waals surface area contributed by atoms with Crippen LogP contribution in [0.5, 0.6) is 11.5 Å². The van der Waals surface area contributed by atoms with Crippen LogP contribution in [-0.4, -0.2) is 28.4 Å². The zero-order valence-corrected chi connectivity index (χ0v) is 17.7. The molecule has 2 N–H and O–H groups in total. The molecule has 0 fully saturated rings. The third kappa shape index (κ3) is 4.87. The van der Waals surface area contributed by atoms with Gasteiger partial charge in [-0.3, -0.25) is 9.78 Å². The highest BCUT2D eigenvalue weighted by Gasteiger charge is 2.11. The van der Waals surface area contributed by atoms with Crippen molar-refractivity contribution in [2.24, 2.45) is 0 Å². The summed E-state index contributed by atoms with van der Waals surface area (Å²) in [6.07, 6.45) is 2.24. The van der Waals surface area contributed by atoms with Crippen molar-refractivity contribution in [2.75, 3.05) is 12.4 Å². The minimum atomic E-state index is -0.264. The first-order chi connectivity index (χ1) is 14.6. The summed E-state index contributed by atoms with van der Waals surface area (Å²) in [6, 6.07) is 19.0. The first-order valence-electron chi connectivity index (χ1n) is 9.32. The smallest absolute Gasteiger partial charge is 0.269 e. The predicted molar refractivity (Wildman–Crippen MR) is 121 cm³/mol. The number of halogens is 1. The van der Waals surface area contributed by atoms with Crippen molar-refractivity contribution in [3.63, 3.8) is 0 Å². The van der Waals surface area contributed by atoms with E-state index in [1.807, 2.05) is 48.5 Å². The van der Waals surface area contributed by atoms with E-state index in [4.69, 9.17) is 16.3 Å². The van der Waals surface area contributed by atoms with E-state index in [-0.39, 0.29) is 11.4 Å². The lowest BCUT2D eigenvalue weighted by molar-refractivity contribution is 0.0958. The van der Waals surface area contributed by atoms with E-state index in [0.717, 1.165) is 20.9 Å². The Morgan fingerprint density at radius 1 is 1.13 bits per heavy atom. The first kappa shape index (κ1) is 20.1. The third-order valence-corrected chi connectivity index (χ3v) is 5.54. The lowest BCUT2D eigenvalue weighted by Crippen LogP contribution is -2.18. The number of nitrogens with zero attached hydrogens (tertiary/aromatic N) is 2. The minimum absolute atomic E-state index is 0.261. The molecular formula is C22H19ClN4O2S. The Bertz CT molecular complexity index is 1170. The normalized spacial score (nSPS) is 11.8. The van der Waals surface area contributed by atoms with Crippen LogP contribution in [0.3, 0.4) is 0 Å². The molecule has 6 nitrogen and oxygen atoms in total. The molecule has 4 aromatic rings. The van der Waals surface area contributed by atoms with Crippen molar-refractivity contribution in [1.29, 1.82) is 0 Å². The molecule has 1 amide bonds. The van der Waals surface area contributed by atoms with E-state index in [1.54, 1.807) is 25.4 Å². The summed E-state index contributed by atoms with van der Waals surface area (Å²) in [7, 11) is 1.56. The van der Waals surface area contributed by atoms with Crippen LogP contribution in [0.2, 0.25) is 0 Å². The van der Waals surface area contributed by atoms with Gasteiger partial charge in [-0.15, -0.1) is 0 Å². The number of carbonyl (C=O) groups is 1. The molecule has 0 aliphatic rings. The van der Waals surface area contributed by atoms with Crippen LogP contribution in [0.15, 0.2) is 66.9 Å². The van der Waals surface area contributed by atoms with E-state index >= 15 is 0 Å². The SMILES string of the molecule is CNC(=O)c1cc(Oc2ccc3nc(NC(Cl)Cc4ccccc4)sc3c2)ccn1. The molecule has 4 rings (SSSR count). The van der Waals surface area contributed by atoms with Crippen LogP contribution in [0.1, 0.15) is 16.1 Å². The maximum atomic E-state index is 11.7. The number of thiazole rings is 1. The molecule has 0 radical (unpaired) electrons. The minimum Gasteiger partial charge on any atom is -0.457 e. The number of nitrogens with one attached hydrogen (secondary N) is 2. The van der Waals surface area contributed by atoms with E-state index in [9.17, 15) is 4.79 Å². The number of carbonyl (C=O) groups excluding carboxylic acids is 1. The Hall–Kier alpha value is -3.16. The van der Waals surface area contributed by atoms with Crippen molar-refractivity contribution in [2.45, 2.75) is 11.9 Å². The zero-order chi connectivity index (χ0) is 20.9. The van der Waals surface area contributed by atoms with E-state index in [0.29, 0.717) is 23.6 Å². The summed E-state index contributed by atoms with van der Waals surface area (Å²) in [5.41, 5.74) is 2.06. The standard InChI is InChI=1S/C22H19ClN4O2S/c1-24-21(28)18-12-16(9-10-25-18)29-15-7-8-17-19(13-15)30-22(26-17)27-20(23)11-14-5-3-2-4-6-14/h2-10,12-13,20H,11H2,1H3,(H,24,28)(H,26,27). The number of amides is 1. The Kier molecular flexibility index (Phi) is 6.11. The van der Waals surface area contributed by atoms with E-state index in [2.05, 4.69) is 20.6 Å². The number of fused-ring (bicyclic) bond motifs is 1. The van der Waals surface area contributed by atoms with Crippen molar-refractivity contribution >= 4 is 44.2 Å². The van der Waals surface area contributed by atoms with Gasteiger partial charge in [-0.1, -0.05) is 53.3 Å². The van der Waals surface area contributed by atoms with Gasteiger partial charge < -0.3 is 15.4 Å². The summed E-state index contributed by atoms with van der Waals surface area (Å²) in [6.45, 7) is 0. The quantitative estimate of drug-likeness (QED) is 0.311. The molecule has 152 valence electrons. The Morgan fingerprint density at radius 3 is 2.73 bits per heavy atom. The van der Waals surface area contributed by atoms with Crippen LogP contribution in [0, 0.1) is 0 Å². The average Bonchev–Trinajstić information content (AvgIpc) is 3.15. The van der Waals surface area contributed by atoms with Gasteiger partial charge in [0.25, 0.3) is 5.91 Å². The summed E-state index contributed by atoms with van der Waals surface area (Å²) in [4.78, 5) is 20.4. The molecule has 0 aliphatic carbocycles. The zero-order valence-electron chi connectivity index (χ0n) is 16.1. The highest BCUT2D eigenvalue weighted by molar-refractivity contribution is 7.22. The van der Waals surface area contributed by atoms with Crippen LogP contribution in [0.4, 0.5) is 5.13 Å². The summed E-state index contributed by atoms with van der Waals surface area (Å²) < 4.78 is 6.88. The third-order valence-electron chi connectivity index (χ3n) is 4.32. The van der Waals surface area contributed by atoms with Gasteiger partial charge in [0, 0.05) is 31.8 Å². The van der Waals surface area contributed by atoms with Crippen molar-refractivity contribution < 1.29 is 9.53 Å². The van der Waals surface area contributed by atoms with Gasteiger partial charge in [0.1, 0.15) is 22.7 Å². The second kappa shape index (κ2) is 9.11. The number of aromatic nitrogens is 2. The molecule has 1 unspecified atom stereocenters. The van der Waals surface area contributed by atoms with Crippen LogP contribution < -0.4 is 15.4 Å². The predicted octanol–water partition coefficient (Wildman–Crippen LogP) is 5.06. The molecule has 8 heteroatoms. The summed E-state index contributed by atoms with van der Waals surface area (Å²) >= 11 is 7.97. The molecular weight excluding hydrogens is 420 g/mol. The molecule has 2 aromatic carbocycles. The summed E-state index contributed by atoms with van der Waals surface area (Å²) in [5.74, 6) is 0.924. The van der Waals surface area contributed by atoms with Crippen molar-refractivity contribution in [3.05, 3.63) is 78.1 Å². The monoisotopic (exact) mass is 438 g/mol. The number of pyridine rings is 1. The number of benzene rings is 2. The molecule has 2 aromatic heterocycles. The number of alkyl halides is 1. The Labute approximate surface area is 182 Å². The molecule has 0 bridgehead atoms. The van der Waals surface area contributed by atoms with Crippen LogP contribution in [-0.2, 0) is 6.42 Å². The van der Waals surface area contributed by atoms with E-state index in [1.165, 1.54) is 11.3 Å². The maximum Gasteiger partial charge on any atom is 0.269 e. The molecule has 0 spiro atoms. The molecule has 30 heavy (non-hydrogen) atoms. The number of anilines is 1. The van der Waals surface area contributed by atoms with Crippen LogP contribution >= 0.6 is 22.9 Å². The van der Waals surface area contributed by atoms with E-state index < -0.39 is 0 Å². The largest absolute Gasteiger partial charge is 0.457 e. The molecule has 0 saturated carbocycles. The fraction of sp³-hybridized carbons (Fsp3) is 0.136. The van der Waals surface area contributed by atoms with Gasteiger partial charge >= 0.3 is 0 Å². The van der Waals surface area contributed by atoms with Gasteiger partial charge in [0.2, 0.25) is 0 Å². The average molecular weight is 439 g/mol. The molecule has 0 saturated heterocycles. The first-order valence-corrected chi connectivity index (χ1v) is 10.6. The van der Waals surface area contributed by atoms with Gasteiger partial charge in [-0.25, -0.2) is 4.98 Å². The second-order valence-corrected chi connectivity index (χ2v) is 8.07. The number of rotatable bonds is 7. The van der Waals surface area contributed by atoms with Crippen molar-refractivity contribution in [1.82, 2.24) is 15.3 Å². The fourth-order valence-corrected chi connectivity index (χ4v) is 4.19. The number of hydrogen-bond donors (Lipinski definition) is 2. The van der Waals surface area contributed by atoms with Gasteiger partial charge in [0.15, 0.2) is 5.13 Å². The molecule has 0 aliphatic heterocycles. The fourth-order valence-electron chi connectivity index (χ4n) is 2.90. The topological polar surface area (TPSA) is 76.1 Å². The maximum absolute atomic E-state index is 11.7. The second-order valence-electron chi connectivity index (χ2n) is 6.51. The van der Waals surface area contributed by atoms with Gasteiger partial charge in [-0.2, -0.15) is 0 Å². The molecule has 1 atom stereocenters. The Balaban J connectivity index is 1.46. The Morgan fingerprint density at radius 2 is 1.93 bits per heavy atom. The lowest BCUT2D eigenvalue weighted by Gasteiger charge is -2.10. The highest BCUT2D eigenvalue weighted by atomic mass is 35.5. The summed E-state index contributed by atoms with van der Waals surface area (Å²) in [5, 5.41) is 6.56. The van der Waals surface area contributed by atoms with Gasteiger partial charge in [0.05, 0.1) is 10.2 Å². The number of ether oxygens (including phenoxy) is 1.